The van der Waals surface area contributed by atoms with Crippen LogP contribution in [0.4, 0.5) is 0 Å². The first-order valence-corrected chi connectivity index (χ1v) is 10.4. The van der Waals surface area contributed by atoms with Gasteiger partial charge in [-0.25, -0.2) is 4.79 Å². The number of benzene rings is 1. The number of carbonyl (C=O) groups is 1. The molecule has 9 nitrogen and oxygen atoms in total. The molecule has 0 spiro atoms. The molecule has 0 radical (unpaired) electrons. The molecule has 1 fully saturated rings. The monoisotopic (exact) mass is 466 g/mol. The van der Waals surface area contributed by atoms with Gasteiger partial charge in [0, 0.05) is 39.4 Å². The number of nitrogens with two attached hydrogens (primary N) is 1. The Labute approximate surface area is 193 Å². The summed E-state index contributed by atoms with van der Waals surface area (Å²) in [6.45, 7) is 5.81. The molecule has 0 saturated carbocycles. The predicted octanol–water partition coefficient (Wildman–Crippen LogP) is 0.226. The Balaban J connectivity index is 0.00000363. The van der Waals surface area contributed by atoms with Crippen LogP contribution >= 0.6 is 12.4 Å². The number of morpholine rings is 1. The van der Waals surface area contributed by atoms with Crippen molar-refractivity contribution in [2.75, 3.05) is 39.5 Å². The van der Waals surface area contributed by atoms with Gasteiger partial charge in [-0.05, 0) is 24.5 Å². The lowest BCUT2D eigenvalue weighted by Gasteiger charge is -2.26. The van der Waals surface area contributed by atoms with Gasteiger partial charge in [-0.3, -0.25) is 19.1 Å². The van der Waals surface area contributed by atoms with Crippen LogP contribution in [-0.4, -0.2) is 65.5 Å². The highest BCUT2D eigenvalue weighted by Gasteiger charge is 2.18. The fraction of sp³-hybridized carbons (Fsp3) is 0.500. The molecule has 0 aliphatic carbocycles. The second-order valence-corrected chi connectivity index (χ2v) is 7.80. The lowest BCUT2D eigenvalue weighted by Crippen LogP contribution is -2.40. The van der Waals surface area contributed by atoms with Crippen molar-refractivity contribution in [2.24, 2.45) is 19.8 Å². The van der Waals surface area contributed by atoms with Crippen molar-refractivity contribution in [1.82, 2.24) is 14.0 Å². The molecule has 0 bridgehead atoms. The minimum atomic E-state index is -0.761. The van der Waals surface area contributed by atoms with Crippen LogP contribution in [0.25, 0.3) is 11.1 Å². The SMILES string of the molecule is Cc1c(-c2ccc(CC(N)C(=O)OCCN3CCOCC3)cc2)c(=O)n(C)c(=O)n1C.Cl. The number of rotatable bonds is 7. The van der Waals surface area contributed by atoms with Gasteiger partial charge in [-0.1, -0.05) is 24.3 Å². The van der Waals surface area contributed by atoms with E-state index in [9.17, 15) is 14.4 Å². The Hall–Kier alpha value is -2.46. The molecule has 1 aliphatic rings. The van der Waals surface area contributed by atoms with Gasteiger partial charge >= 0.3 is 11.7 Å². The summed E-state index contributed by atoms with van der Waals surface area (Å²) < 4.78 is 13.2. The van der Waals surface area contributed by atoms with Crippen LogP contribution in [0.15, 0.2) is 33.9 Å². The van der Waals surface area contributed by atoms with E-state index in [0.29, 0.717) is 49.6 Å². The molecule has 176 valence electrons. The minimum Gasteiger partial charge on any atom is -0.463 e. The van der Waals surface area contributed by atoms with Crippen LogP contribution in [0.3, 0.4) is 0 Å². The van der Waals surface area contributed by atoms with Crippen molar-refractivity contribution in [3.8, 4) is 11.1 Å². The number of hydrogen-bond donors (Lipinski definition) is 1. The molecule has 1 aromatic carbocycles. The van der Waals surface area contributed by atoms with E-state index < -0.39 is 12.0 Å². The maximum Gasteiger partial charge on any atom is 0.330 e. The number of aromatic nitrogens is 2. The largest absolute Gasteiger partial charge is 0.463 e. The smallest absolute Gasteiger partial charge is 0.330 e. The Kier molecular flexibility index (Phi) is 9.21. The molecule has 10 heteroatoms. The van der Waals surface area contributed by atoms with Crippen molar-refractivity contribution >= 4 is 18.4 Å². The van der Waals surface area contributed by atoms with Crippen molar-refractivity contribution < 1.29 is 14.3 Å². The van der Waals surface area contributed by atoms with Crippen molar-refractivity contribution in [3.05, 3.63) is 56.4 Å². The summed E-state index contributed by atoms with van der Waals surface area (Å²) in [4.78, 5) is 39.0. The Morgan fingerprint density at radius 3 is 2.38 bits per heavy atom. The highest BCUT2D eigenvalue weighted by Crippen LogP contribution is 2.19. The molecular formula is C22H31ClN4O5. The summed E-state index contributed by atoms with van der Waals surface area (Å²) in [5, 5.41) is 0. The zero-order chi connectivity index (χ0) is 22.5. The zero-order valence-corrected chi connectivity index (χ0v) is 19.5. The summed E-state index contributed by atoms with van der Waals surface area (Å²) in [5.41, 5.74) is 7.97. The van der Waals surface area contributed by atoms with Crippen LogP contribution in [-0.2, 0) is 34.8 Å². The average molecular weight is 467 g/mol. The predicted molar refractivity (Wildman–Crippen MR) is 124 cm³/mol. The van der Waals surface area contributed by atoms with Gasteiger partial charge in [0.05, 0.1) is 18.8 Å². The quantitative estimate of drug-likeness (QED) is 0.581. The van der Waals surface area contributed by atoms with Gasteiger partial charge in [-0.2, -0.15) is 0 Å². The van der Waals surface area contributed by atoms with Crippen LogP contribution in [0.5, 0.6) is 0 Å². The molecule has 2 heterocycles. The van der Waals surface area contributed by atoms with Gasteiger partial charge < -0.3 is 19.8 Å². The summed E-state index contributed by atoms with van der Waals surface area (Å²) in [6.07, 6.45) is 0.334. The van der Waals surface area contributed by atoms with Crippen molar-refractivity contribution in [2.45, 2.75) is 19.4 Å². The molecule has 1 atom stereocenters. The van der Waals surface area contributed by atoms with Crippen molar-refractivity contribution in [1.29, 1.82) is 0 Å². The number of ether oxygens (including phenoxy) is 2. The van der Waals surface area contributed by atoms with E-state index in [2.05, 4.69) is 4.90 Å². The third-order valence-electron chi connectivity index (χ3n) is 5.71. The van der Waals surface area contributed by atoms with Gasteiger partial charge in [0.15, 0.2) is 0 Å². The summed E-state index contributed by atoms with van der Waals surface area (Å²) >= 11 is 0. The summed E-state index contributed by atoms with van der Waals surface area (Å²) in [6, 6.07) is 6.52. The maximum absolute atomic E-state index is 12.6. The summed E-state index contributed by atoms with van der Waals surface area (Å²) in [7, 11) is 3.10. The standard InChI is InChI=1S/C22H30N4O5.ClH/c1-15-19(20(27)25(3)22(29)24(15)2)17-6-4-16(5-7-17)14-18(23)21(28)31-13-10-26-8-11-30-12-9-26;/h4-7,18H,8-14,23H2,1-3H3;1H. The van der Waals surface area contributed by atoms with Gasteiger partial charge in [-0.15, -0.1) is 12.4 Å². The van der Waals surface area contributed by atoms with E-state index in [1.54, 1.807) is 26.1 Å². The molecule has 2 aromatic rings. The number of nitrogens with zero attached hydrogens (tertiary/aromatic N) is 3. The topological polar surface area (TPSA) is 109 Å². The van der Waals surface area contributed by atoms with E-state index in [1.165, 1.54) is 11.6 Å². The first kappa shape index (κ1) is 25.8. The van der Waals surface area contributed by atoms with E-state index >= 15 is 0 Å². The van der Waals surface area contributed by atoms with Crippen molar-refractivity contribution in [3.63, 3.8) is 0 Å². The second kappa shape index (κ2) is 11.4. The lowest BCUT2D eigenvalue weighted by atomic mass is 10.0. The first-order chi connectivity index (χ1) is 14.8. The molecule has 0 amide bonds. The Bertz CT molecular complexity index is 1040. The van der Waals surface area contributed by atoms with E-state index in [1.807, 2.05) is 12.1 Å². The fourth-order valence-electron chi connectivity index (χ4n) is 3.63. The van der Waals surface area contributed by atoms with Crippen LogP contribution in [0.1, 0.15) is 11.3 Å². The summed E-state index contributed by atoms with van der Waals surface area (Å²) in [5.74, 6) is -0.430. The third-order valence-corrected chi connectivity index (χ3v) is 5.71. The van der Waals surface area contributed by atoms with Crippen LogP contribution in [0, 0.1) is 6.92 Å². The zero-order valence-electron chi connectivity index (χ0n) is 18.7. The fourth-order valence-corrected chi connectivity index (χ4v) is 3.63. The van der Waals surface area contributed by atoms with Crippen LogP contribution in [0.2, 0.25) is 0 Å². The Morgan fingerprint density at radius 1 is 1.12 bits per heavy atom. The highest BCUT2D eigenvalue weighted by molar-refractivity contribution is 5.85. The number of esters is 1. The van der Waals surface area contributed by atoms with E-state index in [0.717, 1.165) is 23.2 Å². The molecule has 32 heavy (non-hydrogen) atoms. The molecule has 3 rings (SSSR count). The average Bonchev–Trinajstić information content (AvgIpc) is 2.78. The molecule has 2 N–H and O–H groups in total. The molecule has 1 aromatic heterocycles. The van der Waals surface area contributed by atoms with Crippen LogP contribution < -0.4 is 17.0 Å². The number of carbonyl (C=O) groups excluding carboxylic acids is 1. The molecule has 1 saturated heterocycles. The minimum absolute atomic E-state index is 0. The van der Waals surface area contributed by atoms with E-state index in [4.69, 9.17) is 15.2 Å². The van der Waals surface area contributed by atoms with Gasteiger partial charge in [0.1, 0.15) is 12.6 Å². The third kappa shape index (κ3) is 5.86. The van der Waals surface area contributed by atoms with E-state index in [-0.39, 0.29) is 23.7 Å². The second-order valence-electron chi connectivity index (χ2n) is 7.80. The number of hydrogen-bond acceptors (Lipinski definition) is 7. The molecular weight excluding hydrogens is 436 g/mol. The lowest BCUT2D eigenvalue weighted by molar-refractivity contribution is -0.145. The number of halogens is 1. The molecule has 1 unspecified atom stereocenters. The van der Waals surface area contributed by atoms with Gasteiger partial charge in [0.2, 0.25) is 0 Å². The van der Waals surface area contributed by atoms with Gasteiger partial charge in [0.25, 0.3) is 5.56 Å². The normalized spacial score (nSPS) is 15.1. The molecule has 1 aliphatic heterocycles. The maximum atomic E-state index is 12.6. The highest BCUT2D eigenvalue weighted by atomic mass is 35.5. The Morgan fingerprint density at radius 2 is 1.75 bits per heavy atom. The first-order valence-electron chi connectivity index (χ1n) is 10.4.